The number of ether oxygens (including phenoxy) is 2. The molecule has 1 saturated heterocycles. The molecular weight excluding hydrogens is 268 g/mol. The first-order valence-corrected chi connectivity index (χ1v) is 7.54. The zero-order valence-corrected chi connectivity index (χ0v) is 12.7. The average molecular weight is 290 g/mol. The van der Waals surface area contributed by atoms with Crippen LogP contribution < -0.4 is 9.47 Å². The summed E-state index contributed by atoms with van der Waals surface area (Å²) >= 11 is 0. The van der Waals surface area contributed by atoms with Crippen molar-refractivity contribution >= 4 is 5.91 Å². The summed E-state index contributed by atoms with van der Waals surface area (Å²) in [5.74, 6) is 1.49. The fraction of sp³-hybridized carbons (Fsp3) is 0.562. The molecule has 0 aliphatic carbocycles. The van der Waals surface area contributed by atoms with Crippen molar-refractivity contribution in [3.8, 4) is 11.5 Å². The Balaban J connectivity index is 1.80. The number of hydrogen-bond acceptors (Lipinski definition) is 4. The van der Waals surface area contributed by atoms with Gasteiger partial charge in [0.25, 0.3) is 5.91 Å². The third kappa shape index (κ3) is 2.97. The second-order valence-electron chi connectivity index (χ2n) is 5.82. The van der Waals surface area contributed by atoms with Crippen LogP contribution in [0.5, 0.6) is 11.5 Å². The Labute approximate surface area is 125 Å². The van der Waals surface area contributed by atoms with Crippen LogP contribution in [-0.4, -0.2) is 61.6 Å². The Bertz CT molecular complexity index is 532. The second kappa shape index (κ2) is 5.93. The molecule has 0 radical (unpaired) electrons. The van der Waals surface area contributed by atoms with Gasteiger partial charge in [-0.2, -0.15) is 0 Å². The topological polar surface area (TPSA) is 42.0 Å². The average Bonchev–Trinajstić information content (AvgIpc) is 2.71. The minimum Gasteiger partial charge on any atom is -0.490 e. The minimum absolute atomic E-state index is 0.0752. The second-order valence-corrected chi connectivity index (χ2v) is 5.82. The molecule has 0 N–H and O–H groups in total. The summed E-state index contributed by atoms with van der Waals surface area (Å²) in [5.41, 5.74) is 0.677. The fourth-order valence-electron chi connectivity index (χ4n) is 2.90. The highest BCUT2D eigenvalue weighted by molar-refractivity contribution is 5.95. The van der Waals surface area contributed by atoms with Gasteiger partial charge in [0.05, 0.1) is 13.2 Å². The van der Waals surface area contributed by atoms with Crippen molar-refractivity contribution in [3.05, 3.63) is 23.8 Å². The highest BCUT2D eigenvalue weighted by Gasteiger charge is 2.27. The summed E-state index contributed by atoms with van der Waals surface area (Å²) in [7, 11) is 2.09. The predicted octanol–water partition coefficient (Wildman–Crippen LogP) is 1.62. The number of amides is 1. The molecule has 21 heavy (non-hydrogen) atoms. The lowest BCUT2D eigenvalue weighted by Crippen LogP contribution is -2.52. The van der Waals surface area contributed by atoms with Crippen molar-refractivity contribution in [3.63, 3.8) is 0 Å². The summed E-state index contributed by atoms with van der Waals surface area (Å²) in [6.07, 6.45) is 0.869. The van der Waals surface area contributed by atoms with Gasteiger partial charge in [-0.3, -0.25) is 4.79 Å². The van der Waals surface area contributed by atoms with Gasteiger partial charge in [-0.05, 0) is 32.2 Å². The van der Waals surface area contributed by atoms with E-state index in [1.165, 1.54) is 0 Å². The summed E-state index contributed by atoms with van der Waals surface area (Å²) in [6, 6.07) is 5.72. The maximum atomic E-state index is 12.7. The van der Waals surface area contributed by atoms with Crippen LogP contribution in [-0.2, 0) is 0 Å². The van der Waals surface area contributed by atoms with E-state index in [2.05, 4.69) is 18.9 Å². The molecule has 2 aliphatic heterocycles. The van der Waals surface area contributed by atoms with Crippen LogP contribution in [0, 0.1) is 0 Å². The van der Waals surface area contributed by atoms with E-state index in [1.54, 1.807) is 0 Å². The molecule has 5 nitrogen and oxygen atoms in total. The van der Waals surface area contributed by atoms with E-state index in [4.69, 9.17) is 9.47 Å². The number of rotatable bonds is 1. The van der Waals surface area contributed by atoms with Crippen LogP contribution in [0.25, 0.3) is 0 Å². The maximum absolute atomic E-state index is 12.7. The number of likely N-dealkylation sites (N-methyl/N-ethyl adjacent to an activating group) is 1. The lowest BCUT2D eigenvalue weighted by Gasteiger charge is -2.38. The fourth-order valence-corrected chi connectivity index (χ4v) is 2.90. The van der Waals surface area contributed by atoms with E-state index >= 15 is 0 Å². The number of nitrogens with zero attached hydrogens (tertiary/aromatic N) is 2. The van der Waals surface area contributed by atoms with Crippen LogP contribution in [0.1, 0.15) is 23.7 Å². The third-order valence-corrected chi connectivity index (χ3v) is 4.09. The first kappa shape index (κ1) is 14.2. The number of benzene rings is 1. The van der Waals surface area contributed by atoms with Gasteiger partial charge in [0, 0.05) is 37.7 Å². The Morgan fingerprint density at radius 2 is 1.95 bits per heavy atom. The molecule has 1 amide bonds. The number of hydrogen-bond donors (Lipinski definition) is 0. The largest absolute Gasteiger partial charge is 0.490 e. The molecule has 1 aromatic rings. The van der Waals surface area contributed by atoms with Crippen molar-refractivity contribution in [1.29, 1.82) is 0 Å². The molecule has 5 heteroatoms. The predicted molar refractivity (Wildman–Crippen MR) is 80.0 cm³/mol. The monoisotopic (exact) mass is 290 g/mol. The van der Waals surface area contributed by atoms with Gasteiger partial charge in [-0.1, -0.05) is 0 Å². The minimum atomic E-state index is 0.0752. The third-order valence-electron chi connectivity index (χ3n) is 4.09. The van der Waals surface area contributed by atoms with Crippen molar-refractivity contribution in [2.45, 2.75) is 19.4 Å². The zero-order chi connectivity index (χ0) is 14.8. The molecule has 3 rings (SSSR count). The summed E-state index contributed by atoms with van der Waals surface area (Å²) in [4.78, 5) is 16.9. The number of piperazine rings is 1. The molecule has 1 atom stereocenters. The molecule has 0 bridgehead atoms. The van der Waals surface area contributed by atoms with Crippen LogP contribution in [0.2, 0.25) is 0 Å². The highest BCUT2D eigenvalue weighted by atomic mass is 16.5. The van der Waals surface area contributed by atoms with Crippen LogP contribution in [0.3, 0.4) is 0 Å². The Kier molecular flexibility index (Phi) is 4.01. The molecular formula is C16H22N2O3. The van der Waals surface area contributed by atoms with Crippen LogP contribution in [0.15, 0.2) is 18.2 Å². The van der Waals surface area contributed by atoms with Gasteiger partial charge < -0.3 is 19.3 Å². The van der Waals surface area contributed by atoms with Gasteiger partial charge in [-0.15, -0.1) is 0 Å². The molecule has 114 valence electrons. The normalized spacial score (nSPS) is 22.8. The number of fused-ring (bicyclic) bond motifs is 1. The first-order chi connectivity index (χ1) is 10.1. The van der Waals surface area contributed by atoms with Gasteiger partial charge >= 0.3 is 0 Å². The smallest absolute Gasteiger partial charge is 0.254 e. The number of carbonyl (C=O) groups excluding carboxylic acids is 1. The summed E-state index contributed by atoms with van der Waals surface area (Å²) in [6.45, 7) is 5.99. The lowest BCUT2D eigenvalue weighted by molar-refractivity contribution is 0.0533. The van der Waals surface area contributed by atoms with E-state index in [9.17, 15) is 4.79 Å². The molecule has 0 aromatic heterocycles. The van der Waals surface area contributed by atoms with Crippen LogP contribution in [0.4, 0.5) is 0 Å². The molecule has 1 fully saturated rings. The van der Waals surface area contributed by atoms with Gasteiger partial charge in [0.2, 0.25) is 0 Å². The van der Waals surface area contributed by atoms with Crippen molar-refractivity contribution in [2.24, 2.45) is 0 Å². The molecule has 2 heterocycles. The quantitative estimate of drug-likeness (QED) is 0.788. The zero-order valence-electron chi connectivity index (χ0n) is 12.7. The molecule has 2 aliphatic rings. The molecule has 0 spiro atoms. The Morgan fingerprint density at radius 3 is 2.71 bits per heavy atom. The van der Waals surface area contributed by atoms with E-state index in [0.29, 0.717) is 24.5 Å². The van der Waals surface area contributed by atoms with E-state index in [0.717, 1.165) is 31.8 Å². The lowest BCUT2D eigenvalue weighted by atomic mass is 10.1. The number of carbonyl (C=O) groups is 1. The molecule has 1 aromatic carbocycles. The Morgan fingerprint density at radius 1 is 1.19 bits per heavy atom. The maximum Gasteiger partial charge on any atom is 0.254 e. The Hall–Kier alpha value is -1.75. The van der Waals surface area contributed by atoms with E-state index in [-0.39, 0.29) is 11.9 Å². The van der Waals surface area contributed by atoms with Crippen molar-refractivity contribution < 1.29 is 14.3 Å². The van der Waals surface area contributed by atoms with E-state index < -0.39 is 0 Å². The van der Waals surface area contributed by atoms with Gasteiger partial charge in [0.15, 0.2) is 11.5 Å². The van der Waals surface area contributed by atoms with Crippen molar-refractivity contribution in [1.82, 2.24) is 9.80 Å². The summed E-state index contributed by atoms with van der Waals surface area (Å²) < 4.78 is 11.3. The standard InChI is InChI=1S/C16H22N2O3/c1-12-11-17(2)6-7-18(12)16(19)13-4-5-14-15(10-13)21-9-3-8-20-14/h4-5,10,12H,3,6-9,11H2,1-2H3/t12-/m0/s1. The van der Waals surface area contributed by atoms with Gasteiger partial charge in [0.1, 0.15) is 0 Å². The first-order valence-electron chi connectivity index (χ1n) is 7.54. The van der Waals surface area contributed by atoms with E-state index in [1.807, 2.05) is 23.1 Å². The van der Waals surface area contributed by atoms with Crippen molar-refractivity contribution in [2.75, 3.05) is 39.9 Å². The SMILES string of the molecule is C[C@H]1CN(C)CCN1C(=O)c1ccc2c(c1)OCCCO2. The molecule has 0 unspecified atom stereocenters. The van der Waals surface area contributed by atoms with Crippen LogP contribution >= 0.6 is 0 Å². The van der Waals surface area contributed by atoms with Gasteiger partial charge in [-0.25, -0.2) is 0 Å². The summed E-state index contributed by atoms with van der Waals surface area (Å²) in [5, 5.41) is 0. The highest BCUT2D eigenvalue weighted by Crippen LogP contribution is 2.31. The molecule has 0 saturated carbocycles.